The van der Waals surface area contributed by atoms with Gasteiger partial charge in [-0.25, -0.2) is 0 Å². The van der Waals surface area contributed by atoms with Gasteiger partial charge in [-0.3, -0.25) is 0 Å². The van der Waals surface area contributed by atoms with Gasteiger partial charge in [0, 0.05) is 0 Å². The van der Waals surface area contributed by atoms with Crippen molar-refractivity contribution in [2.24, 2.45) is 41.4 Å². The molecular weight excluding hydrogens is 491 g/mol. The molecule has 0 N–H and O–H groups in total. The second kappa shape index (κ2) is 13.6. The molecule has 3 fully saturated rings. The summed E-state index contributed by atoms with van der Waals surface area (Å²) < 4.78 is 0. The third-order valence-electron chi connectivity index (χ3n) is 7.91. The molecule has 0 heterocycles. The quantitative estimate of drug-likeness (QED) is 0.214. The second-order valence-electron chi connectivity index (χ2n) is 8.79. The Kier molecular flexibility index (Phi) is 16.1. The van der Waals surface area contributed by atoms with Crippen LogP contribution in [0, 0.1) is 71.1 Å². The van der Waals surface area contributed by atoms with E-state index in [0.29, 0.717) is 0 Å². The van der Waals surface area contributed by atoms with Crippen LogP contribution in [0.4, 0.5) is 0 Å². The van der Waals surface area contributed by atoms with Gasteiger partial charge in [0.1, 0.15) is 0 Å². The zero-order valence-electron chi connectivity index (χ0n) is 19.9. The van der Waals surface area contributed by atoms with Crippen molar-refractivity contribution in [2.45, 2.75) is 73.1 Å². The minimum Gasteiger partial charge on any atom is -0.358 e. The molecule has 0 aliphatic heterocycles. The van der Waals surface area contributed by atoms with Crippen LogP contribution in [0.5, 0.6) is 0 Å². The Morgan fingerprint density at radius 2 is 0.852 bits per heavy atom. The van der Waals surface area contributed by atoms with E-state index in [1.165, 1.54) is 38.5 Å². The zero-order chi connectivity index (χ0) is 15.9. The summed E-state index contributed by atoms with van der Waals surface area (Å²) in [4.78, 5) is 0. The molecule has 2 atom stereocenters. The monoisotopic (exact) mass is 540 g/mol. The molecule has 4 rings (SSSR count). The van der Waals surface area contributed by atoms with E-state index in [4.69, 9.17) is 0 Å². The van der Waals surface area contributed by atoms with Gasteiger partial charge in [-0.1, -0.05) is 53.2 Å². The maximum absolute atomic E-state index is 2.60. The van der Waals surface area contributed by atoms with E-state index in [2.05, 4.69) is 46.8 Å². The normalized spacial score (nSPS) is 37.7. The zero-order valence-corrected chi connectivity index (χ0v) is 23.5. The third kappa shape index (κ3) is 6.68. The Morgan fingerprint density at radius 1 is 0.556 bits per heavy atom. The summed E-state index contributed by atoms with van der Waals surface area (Å²) in [6.07, 6.45) is 13.7. The molecule has 0 aromatic carbocycles. The van der Waals surface area contributed by atoms with Gasteiger partial charge in [-0.05, 0) is 84.7 Å². The molecular formula is C26H48Hf. The predicted octanol–water partition coefficient (Wildman–Crippen LogP) is 8.43. The largest absolute Gasteiger partial charge is 4.00 e. The first-order valence-corrected chi connectivity index (χ1v) is 9.90. The van der Waals surface area contributed by atoms with Crippen molar-refractivity contribution in [3.05, 3.63) is 53.0 Å². The van der Waals surface area contributed by atoms with Gasteiger partial charge in [0.15, 0.2) is 0 Å². The Hall–Kier alpha value is 0.350. The van der Waals surface area contributed by atoms with Crippen molar-refractivity contribution in [3.63, 3.8) is 0 Å². The average molecular weight is 539 g/mol. The molecule has 27 heavy (non-hydrogen) atoms. The maximum Gasteiger partial charge on any atom is 4.00 e. The van der Waals surface area contributed by atoms with Crippen LogP contribution in [0.1, 0.15) is 73.1 Å². The number of allylic oxidation sites excluding steroid dienone is 4. The van der Waals surface area contributed by atoms with Crippen LogP contribution in [0.25, 0.3) is 0 Å². The van der Waals surface area contributed by atoms with Gasteiger partial charge in [0.05, 0.1) is 0 Å². The van der Waals surface area contributed by atoms with Crippen LogP contribution in [-0.4, -0.2) is 0 Å². The molecule has 0 aromatic rings. The molecule has 3 saturated carbocycles. The first-order chi connectivity index (χ1) is 10.5. The van der Waals surface area contributed by atoms with Gasteiger partial charge in [0.25, 0.3) is 0 Å². The molecule has 0 aromatic heterocycles. The van der Waals surface area contributed by atoms with Crippen molar-refractivity contribution in [1.29, 1.82) is 0 Å². The molecule has 0 radical (unpaired) electrons. The van der Waals surface area contributed by atoms with Crippen LogP contribution in [0.15, 0.2) is 23.3 Å². The summed E-state index contributed by atoms with van der Waals surface area (Å²) >= 11 is 0. The van der Waals surface area contributed by atoms with E-state index in [-0.39, 0.29) is 55.5 Å². The summed E-state index contributed by atoms with van der Waals surface area (Å²) in [5.74, 6) is 6.54. The number of rotatable bonds is 0. The van der Waals surface area contributed by atoms with Crippen LogP contribution >= 0.6 is 0 Å². The van der Waals surface area contributed by atoms with Gasteiger partial charge in [-0.15, -0.1) is 0 Å². The first kappa shape index (κ1) is 32.0. The molecule has 2 unspecified atom stereocenters. The van der Waals surface area contributed by atoms with Crippen LogP contribution in [0.3, 0.4) is 0 Å². The van der Waals surface area contributed by atoms with E-state index < -0.39 is 0 Å². The number of hydrogen-bond donors (Lipinski definition) is 0. The van der Waals surface area contributed by atoms with E-state index >= 15 is 0 Å². The average Bonchev–Trinajstić information content (AvgIpc) is 3.20. The Labute approximate surface area is 192 Å². The molecule has 0 nitrogen and oxygen atoms in total. The van der Waals surface area contributed by atoms with E-state index in [0.717, 1.165) is 41.4 Å². The predicted molar refractivity (Wildman–Crippen MR) is 122 cm³/mol. The molecule has 0 saturated heterocycles. The Balaban J connectivity index is -0.000000365. The second-order valence-corrected chi connectivity index (χ2v) is 8.79. The smallest absolute Gasteiger partial charge is 0.358 e. The molecule has 156 valence electrons. The van der Waals surface area contributed by atoms with Crippen molar-refractivity contribution in [1.82, 2.24) is 0 Å². The first-order valence-electron chi connectivity index (χ1n) is 9.90. The fourth-order valence-corrected chi connectivity index (χ4v) is 5.51. The summed E-state index contributed by atoms with van der Waals surface area (Å²) in [6.45, 7) is 12.0. The summed E-state index contributed by atoms with van der Waals surface area (Å²) in [5.41, 5.74) is 3.41. The fourth-order valence-electron chi connectivity index (χ4n) is 5.51. The van der Waals surface area contributed by atoms with Crippen molar-refractivity contribution < 1.29 is 25.8 Å². The van der Waals surface area contributed by atoms with E-state index in [9.17, 15) is 0 Å². The molecule has 0 amide bonds. The Morgan fingerprint density at radius 3 is 1.15 bits per heavy atom. The SMILES string of the molecule is C1=C2CCCC2=CC2CCCC12.CC1C(C)C(C)C(C)C1C.[CH3-].[CH3-].[CH3-].[CH3-].[Hf+4]. The van der Waals surface area contributed by atoms with Gasteiger partial charge >= 0.3 is 25.8 Å². The van der Waals surface area contributed by atoms with Crippen molar-refractivity contribution in [2.75, 3.05) is 0 Å². The third-order valence-corrected chi connectivity index (χ3v) is 7.91. The van der Waals surface area contributed by atoms with E-state index in [1.807, 2.05) is 0 Å². The summed E-state index contributed by atoms with van der Waals surface area (Å²) in [5, 5.41) is 0. The molecule has 0 spiro atoms. The molecule has 0 bridgehead atoms. The van der Waals surface area contributed by atoms with Crippen LogP contribution in [-0.2, 0) is 25.8 Å². The maximum atomic E-state index is 2.60. The molecule has 4 aliphatic carbocycles. The standard InChI is InChI=1S/C12H16.C10H20.4CH3.Hf/c1-3-9-7-11-5-2-6-12(11)8-10(9)4-1;1-6-7(2)9(4)10(5)8(6)3;;;;;/h7-10H,1-6H2;6-10H,1-5H3;4*1H3;/q;;4*-1;+4. The van der Waals surface area contributed by atoms with Crippen molar-refractivity contribution in [3.8, 4) is 0 Å². The minimum atomic E-state index is 0. The van der Waals surface area contributed by atoms with E-state index in [1.54, 1.807) is 11.1 Å². The summed E-state index contributed by atoms with van der Waals surface area (Å²) in [7, 11) is 0. The number of hydrogen-bond acceptors (Lipinski definition) is 0. The molecule has 4 aliphatic rings. The fraction of sp³-hybridized carbons (Fsp3) is 0.692. The van der Waals surface area contributed by atoms with Crippen LogP contribution in [0.2, 0.25) is 0 Å². The summed E-state index contributed by atoms with van der Waals surface area (Å²) in [6, 6.07) is 0. The van der Waals surface area contributed by atoms with Gasteiger partial charge < -0.3 is 29.7 Å². The minimum absolute atomic E-state index is 0. The van der Waals surface area contributed by atoms with Crippen molar-refractivity contribution >= 4 is 0 Å². The topological polar surface area (TPSA) is 0 Å². The van der Waals surface area contributed by atoms with Gasteiger partial charge in [-0.2, -0.15) is 0 Å². The van der Waals surface area contributed by atoms with Crippen LogP contribution < -0.4 is 0 Å². The molecule has 1 heteroatoms. The van der Waals surface area contributed by atoms with Gasteiger partial charge in [0.2, 0.25) is 0 Å². The number of fused-ring (bicyclic) bond motifs is 2. The Bertz CT molecular complexity index is 390.